The first-order chi connectivity index (χ1) is 9.02. The van der Waals surface area contributed by atoms with Crippen LogP contribution in [-0.4, -0.2) is 35.1 Å². The summed E-state index contributed by atoms with van der Waals surface area (Å²) in [5.41, 5.74) is 0.0992. The third kappa shape index (κ3) is 3.55. The van der Waals surface area contributed by atoms with Gasteiger partial charge >= 0.3 is 0 Å². The molecular weight excluding hydrogens is 294 g/mol. The topological polar surface area (TPSA) is 62.2 Å². The molecule has 4 nitrogen and oxygen atoms in total. The Morgan fingerprint density at radius 3 is 2.89 bits per heavy atom. The molecule has 1 amide bonds. The normalized spacial score (nSPS) is 11.5. The standard InChI is InChI=1S/C11H10F2N2O2S2/c12-11(13,6-16)5-14-9(17)7-4-19-10(15-7)8-2-1-3-18-8/h1-4,16H,5-6H2,(H,14,17). The van der Waals surface area contributed by atoms with Crippen LogP contribution in [0.1, 0.15) is 10.5 Å². The highest BCUT2D eigenvalue weighted by Crippen LogP contribution is 2.27. The average molecular weight is 304 g/mol. The molecule has 0 radical (unpaired) electrons. The first kappa shape index (κ1) is 14.0. The molecule has 2 N–H and O–H groups in total. The van der Waals surface area contributed by atoms with Gasteiger partial charge in [-0.1, -0.05) is 6.07 Å². The lowest BCUT2D eigenvalue weighted by molar-refractivity contribution is -0.0462. The van der Waals surface area contributed by atoms with Crippen LogP contribution < -0.4 is 5.32 Å². The van der Waals surface area contributed by atoms with Crippen LogP contribution >= 0.6 is 22.7 Å². The van der Waals surface area contributed by atoms with E-state index in [9.17, 15) is 13.6 Å². The quantitative estimate of drug-likeness (QED) is 0.890. The van der Waals surface area contributed by atoms with E-state index in [2.05, 4.69) is 4.98 Å². The maximum atomic E-state index is 12.8. The monoisotopic (exact) mass is 304 g/mol. The Balaban J connectivity index is 2.01. The van der Waals surface area contributed by atoms with Crippen molar-refractivity contribution >= 4 is 28.6 Å². The lowest BCUT2D eigenvalue weighted by Crippen LogP contribution is -2.39. The molecular formula is C11H10F2N2O2S2. The van der Waals surface area contributed by atoms with E-state index < -0.39 is 25.0 Å². The van der Waals surface area contributed by atoms with Gasteiger partial charge in [0.15, 0.2) is 0 Å². The molecule has 2 aromatic heterocycles. The minimum atomic E-state index is -3.32. The maximum Gasteiger partial charge on any atom is 0.287 e. The highest BCUT2D eigenvalue weighted by atomic mass is 32.1. The molecule has 0 bridgehead atoms. The van der Waals surface area contributed by atoms with Gasteiger partial charge in [0, 0.05) is 5.38 Å². The van der Waals surface area contributed by atoms with Gasteiger partial charge in [-0.25, -0.2) is 13.8 Å². The number of carbonyl (C=O) groups is 1. The molecule has 0 aromatic carbocycles. The van der Waals surface area contributed by atoms with Crippen molar-refractivity contribution in [3.05, 3.63) is 28.6 Å². The number of aliphatic hydroxyl groups excluding tert-OH is 1. The molecule has 0 saturated carbocycles. The highest BCUT2D eigenvalue weighted by molar-refractivity contribution is 7.20. The number of amides is 1. The Morgan fingerprint density at radius 1 is 1.47 bits per heavy atom. The van der Waals surface area contributed by atoms with E-state index in [1.165, 1.54) is 28.1 Å². The first-order valence-corrected chi connectivity index (χ1v) is 7.04. The van der Waals surface area contributed by atoms with Gasteiger partial charge in [-0.05, 0) is 11.4 Å². The second-order valence-electron chi connectivity index (χ2n) is 3.71. The predicted molar refractivity (Wildman–Crippen MR) is 69.8 cm³/mol. The Hall–Kier alpha value is -1.38. The predicted octanol–water partition coefficient (Wildman–Crippen LogP) is 2.23. The molecule has 0 unspecified atom stereocenters. The van der Waals surface area contributed by atoms with Crippen molar-refractivity contribution < 1.29 is 18.7 Å². The molecule has 2 heterocycles. The fraction of sp³-hybridized carbons (Fsp3) is 0.273. The largest absolute Gasteiger partial charge is 0.390 e. The number of rotatable bonds is 5. The number of carbonyl (C=O) groups excluding carboxylic acids is 1. The minimum Gasteiger partial charge on any atom is -0.390 e. The second kappa shape index (κ2) is 5.72. The zero-order chi connectivity index (χ0) is 13.9. The molecule has 0 fully saturated rings. The SMILES string of the molecule is O=C(NCC(F)(F)CO)c1csc(-c2cccs2)n1. The number of alkyl halides is 2. The van der Waals surface area contributed by atoms with Crippen molar-refractivity contribution in [1.29, 1.82) is 0 Å². The lowest BCUT2D eigenvalue weighted by Gasteiger charge is -2.12. The summed E-state index contributed by atoms with van der Waals surface area (Å²) in [6.07, 6.45) is 0. The van der Waals surface area contributed by atoms with Crippen molar-refractivity contribution in [2.75, 3.05) is 13.2 Å². The van der Waals surface area contributed by atoms with Crippen molar-refractivity contribution in [1.82, 2.24) is 10.3 Å². The highest BCUT2D eigenvalue weighted by Gasteiger charge is 2.28. The van der Waals surface area contributed by atoms with Gasteiger partial charge in [0.2, 0.25) is 0 Å². The van der Waals surface area contributed by atoms with Crippen molar-refractivity contribution in [2.45, 2.75) is 5.92 Å². The third-order valence-corrected chi connectivity index (χ3v) is 4.09. The summed E-state index contributed by atoms with van der Waals surface area (Å²) in [7, 11) is 0. The number of thiophene rings is 1. The van der Waals surface area contributed by atoms with E-state index in [0.717, 1.165) is 4.88 Å². The average Bonchev–Trinajstić information content (AvgIpc) is 3.05. The van der Waals surface area contributed by atoms with E-state index in [-0.39, 0.29) is 5.69 Å². The maximum absolute atomic E-state index is 12.8. The number of nitrogens with one attached hydrogen (secondary N) is 1. The molecule has 0 saturated heterocycles. The summed E-state index contributed by atoms with van der Waals surface area (Å²) in [5.74, 6) is -3.99. The number of nitrogens with zero attached hydrogens (tertiary/aromatic N) is 1. The lowest BCUT2D eigenvalue weighted by atomic mass is 10.3. The Morgan fingerprint density at radius 2 is 2.26 bits per heavy atom. The smallest absolute Gasteiger partial charge is 0.287 e. The number of thiazole rings is 1. The number of hydrogen-bond donors (Lipinski definition) is 2. The van der Waals surface area contributed by atoms with Gasteiger partial charge in [-0.2, -0.15) is 0 Å². The van der Waals surface area contributed by atoms with Gasteiger partial charge in [0.1, 0.15) is 17.3 Å². The van der Waals surface area contributed by atoms with Crippen LogP contribution in [0, 0.1) is 0 Å². The van der Waals surface area contributed by atoms with Crippen LogP contribution in [0.25, 0.3) is 9.88 Å². The summed E-state index contributed by atoms with van der Waals surface area (Å²) in [6, 6.07) is 3.73. The summed E-state index contributed by atoms with van der Waals surface area (Å²) < 4.78 is 25.6. The van der Waals surface area contributed by atoms with E-state index in [4.69, 9.17) is 5.11 Å². The van der Waals surface area contributed by atoms with Gasteiger partial charge in [-0.3, -0.25) is 4.79 Å². The summed E-state index contributed by atoms with van der Waals surface area (Å²) in [6.45, 7) is -2.21. The van der Waals surface area contributed by atoms with E-state index in [1.807, 2.05) is 22.8 Å². The van der Waals surface area contributed by atoms with E-state index in [0.29, 0.717) is 5.01 Å². The number of aromatic nitrogens is 1. The van der Waals surface area contributed by atoms with Crippen LogP contribution in [0.3, 0.4) is 0 Å². The molecule has 102 valence electrons. The zero-order valence-corrected chi connectivity index (χ0v) is 11.2. The summed E-state index contributed by atoms with van der Waals surface area (Å²) >= 11 is 2.76. The van der Waals surface area contributed by atoms with Crippen molar-refractivity contribution in [2.24, 2.45) is 0 Å². The van der Waals surface area contributed by atoms with Crippen LogP contribution in [-0.2, 0) is 0 Å². The summed E-state index contributed by atoms with van der Waals surface area (Å²) in [4.78, 5) is 16.6. The van der Waals surface area contributed by atoms with Gasteiger partial charge < -0.3 is 10.4 Å². The van der Waals surface area contributed by atoms with Crippen LogP contribution in [0.15, 0.2) is 22.9 Å². The Bertz CT molecular complexity index is 555. The van der Waals surface area contributed by atoms with Gasteiger partial charge in [-0.15, -0.1) is 22.7 Å². The number of hydrogen-bond acceptors (Lipinski definition) is 5. The molecule has 0 aliphatic heterocycles. The van der Waals surface area contributed by atoms with Gasteiger partial charge in [0.25, 0.3) is 11.8 Å². The molecule has 0 spiro atoms. The molecule has 8 heteroatoms. The number of aliphatic hydroxyl groups is 1. The Kier molecular flexibility index (Phi) is 4.23. The fourth-order valence-corrected chi connectivity index (χ4v) is 2.86. The number of halogens is 2. The zero-order valence-electron chi connectivity index (χ0n) is 9.60. The first-order valence-electron chi connectivity index (χ1n) is 5.28. The molecule has 19 heavy (non-hydrogen) atoms. The van der Waals surface area contributed by atoms with E-state index >= 15 is 0 Å². The molecule has 2 rings (SSSR count). The Labute approximate surface area is 115 Å². The van der Waals surface area contributed by atoms with Crippen molar-refractivity contribution in [3.8, 4) is 9.88 Å². The van der Waals surface area contributed by atoms with Crippen LogP contribution in [0.5, 0.6) is 0 Å². The molecule has 0 aliphatic rings. The molecule has 0 atom stereocenters. The van der Waals surface area contributed by atoms with Crippen LogP contribution in [0.4, 0.5) is 8.78 Å². The third-order valence-electron chi connectivity index (χ3n) is 2.21. The minimum absolute atomic E-state index is 0.0992. The summed E-state index contributed by atoms with van der Waals surface area (Å²) in [5, 5.41) is 14.5. The van der Waals surface area contributed by atoms with E-state index in [1.54, 1.807) is 0 Å². The fourth-order valence-electron chi connectivity index (χ4n) is 1.25. The van der Waals surface area contributed by atoms with Crippen LogP contribution in [0.2, 0.25) is 0 Å². The molecule has 2 aromatic rings. The second-order valence-corrected chi connectivity index (χ2v) is 5.52. The molecule has 0 aliphatic carbocycles. The van der Waals surface area contributed by atoms with Gasteiger partial charge in [0.05, 0.1) is 11.4 Å². The van der Waals surface area contributed by atoms with Crippen molar-refractivity contribution in [3.63, 3.8) is 0 Å².